The third kappa shape index (κ3) is 3.05. The van der Waals surface area contributed by atoms with E-state index in [1.807, 2.05) is 24.5 Å². The SMILES string of the molecule is COc1ccc(-c2nccn2C[C@@H]2CCCN3CCCC[C@H]23)cn1. The Kier molecular flexibility index (Phi) is 4.52. The molecular formula is C19H26N4O. The molecule has 0 N–H and O–H groups in total. The predicted octanol–water partition coefficient (Wildman–Crippen LogP) is 3.22. The molecule has 2 fully saturated rings. The van der Waals surface area contributed by atoms with E-state index in [-0.39, 0.29) is 0 Å². The number of piperidine rings is 2. The van der Waals surface area contributed by atoms with Crippen LogP contribution in [0.15, 0.2) is 30.7 Å². The second-order valence-corrected chi connectivity index (χ2v) is 6.99. The summed E-state index contributed by atoms with van der Waals surface area (Å²) in [7, 11) is 1.64. The fraction of sp³-hybridized carbons (Fsp3) is 0.579. The van der Waals surface area contributed by atoms with Gasteiger partial charge in [0.1, 0.15) is 5.82 Å². The van der Waals surface area contributed by atoms with Crippen LogP contribution in [0.2, 0.25) is 0 Å². The zero-order chi connectivity index (χ0) is 16.4. The topological polar surface area (TPSA) is 43.2 Å². The minimum atomic E-state index is 0.641. The van der Waals surface area contributed by atoms with Gasteiger partial charge in [0, 0.05) is 42.8 Å². The maximum Gasteiger partial charge on any atom is 0.212 e. The largest absolute Gasteiger partial charge is 0.481 e. The van der Waals surface area contributed by atoms with Crippen molar-refractivity contribution in [3.05, 3.63) is 30.7 Å². The van der Waals surface area contributed by atoms with E-state index in [1.165, 1.54) is 45.2 Å². The van der Waals surface area contributed by atoms with Crippen LogP contribution < -0.4 is 4.74 Å². The molecule has 4 rings (SSSR count). The zero-order valence-electron chi connectivity index (χ0n) is 14.4. The van der Waals surface area contributed by atoms with E-state index in [9.17, 15) is 0 Å². The van der Waals surface area contributed by atoms with E-state index >= 15 is 0 Å². The Balaban J connectivity index is 1.53. The number of hydrogen-bond acceptors (Lipinski definition) is 4. The molecule has 5 nitrogen and oxygen atoms in total. The van der Waals surface area contributed by atoms with Gasteiger partial charge in [-0.25, -0.2) is 9.97 Å². The first kappa shape index (κ1) is 15.6. The molecule has 2 saturated heterocycles. The predicted molar refractivity (Wildman–Crippen MR) is 93.9 cm³/mol. The summed E-state index contributed by atoms with van der Waals surface area (Å²) in [6.45, 7) is 3.64. The highest BCUT2D eigenvalue weighted by Gasteiger charge is 2.33. The summed E-state index contributed by atoms with van der Waals surface area (Å²) in [4.78, 5) is 11.6. The first-order valence-corrected chi connectivity index (χ1v) is 9.11. The molecule has 0 aliphatic carbocycles. The standard InChI is InChI=1S/C19H26N4O/c1-24-18-8-7-15(13-21-18)19-20-9-12-23(19)14-16-5-4-11-22-10-3-2-6-17(16)22/h7-9,12-13,16-17H,2-6,10-11,14H2,1H3/t16-,17+/m0/s1. The van der Waals surface area contributed by atoms with Crippen LogP contribution in [0.5, 0.6) is 5.88 Å². The van der Waals surface area contributed by atoms with Crippen LogP contribution in [0, 0.1) is 5.92 Å². The average molecular weight is 326 g/mol. The fourth-order valence-electron chi connectivity index (χ4n) is 4.39. The second-order valence-electron chi connectivity index (χ2n) is 6.99. The van der Waals surface area contributed by atoms with Gasteiger partial charge in [0.05, 0.1) is 7.11 Å². The van der Waals surface area contributed by atoms with Crippen LogP contribution >= 0.6 is 0 Å². The molecule has 2 atom stereocenters. The molecule has 2 aliphatic rings. The normalized spacial score (nSPS) is 24.5. The lowest BCUT2D eigenvalue weighted by Crippen LogP contribution is -2.49. The third-order valence-electron chi connectivity index (χ3n) is 5.58. The maximum absolute atomic E-state index is 5.15. The molecule has 24 heavy (non-hydrogen) atoms. The molecule has 128 valence electrons. The number of ether oxygens (including phenoxy) is 1. The van der Waals surface area contributed by atoms with Crippen molar-refractivity contribution in [2.24, 2.45) is 5.92 Å². The molecule has 0 bridgehead atoms. The lowest BCUT2D eigenvalue weighted by atomic mass is 9.83. The molecular weight excluding hydrogens is 300 g/mol. The maximum atomic E-state index is 5.15. The Bertz CT molecular complexity index is 664. The van der Waals surface area contributed by atoms with Gasteiger partial charge < -0.3 is 14.2 Å². The Hall–Kier alpha value is -1.88. The molecule has 5 heteroatoms. The Labute approximate surface area is 143 Å². The van der Waals surface area contributed by atoms with Crippen molar-refractivity contribution in [2.75, 3.05) is 20.2 Å². The summed E-state index contributed by atoms with van der Waals surface area (Å²) in [6, 6.07) is 4.70. The molecule has 2 aliphatic heterocycles. The average Bonchev–Trinajstić information content (AvgIpc) is 3.10. The van der Waals surface area contributed by atoms with Crippen molar-refractivity contribution in [2.45, 2.75) is 44.7 Å². The lowest BCUT2D eigenvalue weighted by Gasteiger charge is -2.44. The Morgan fingerprint density at radius 1 is 1.12 bits per heavy atom. The number of pyridine rings is 1. The summed E-state index contributed by atoms with van der Waals surface area (Å²) in [6.07, 6.45) is 12.6. The first-order valence-electron chi connectivity index (χ1n) is 9.11. The minimum Gasteiger partial charge on any atom is -0.481 e. The number of imidazole rings is 1. The Morgan fingerprint density at radius 2 is 2.04 bits per heavy atom. The van der Waals surface area contributed by atoms with E-state index in [2.05, 4.69) is 25.6 Å². The van der Waals surface area contributed by atoms with Crippen LogP contribution in [0.3, 0.4) is 0 Å². The highest BCUT2D eigenvalue weighted by atomic mass is 16.5. The van der Waals surface area contributed by atoms with Crippen LogP contribution in [-0.2, 0) is 6.54 Å². The van der Waals surface area contributed by atoms with Gasteiger partial charge in [0.2, 0.25) is 5.88 Å². The van der Waals surface area contributed by atoms with Crippen molar-refractivity contribution in [3.63, 3.8) is 0 Å². The molecule has 2 aromatic heterocycles. The van der Waals surface area contributed by atoms with Gasteiger partial charge in [-0.2, -0.15) is 0 Å². The van der Waals surface area contributed by atoms with Crippen LogP contribution in [0.4, 0.5) is 0 Å². The van der Waals surface area contributed by atoms with Crippen molar-refractivity contribution in [3.8, 4) is 17.3 Å². The summed E-state index contributed by atoms with van der Waals surface area (Å²) in [5.74, 6) is 2.39. The third-order valence-corrected chi connectivity index (χ3v) is 5.58. The van der Waals surface area contributed by atoms with Crippen molar-refractivity contribution >= 4 is 0 Å². The molecule has 0 saturated carbocycles. The number of aromatic nitrogens is 3. The summed E-state index contributed by atoms with van der Waals surface area (Å²) in [5.41, 5.74) is 1.05. The van der Waals surface area contributed by atoms with Gasteiger partial charge in [-0.15, -0.1) is 0 Å². The van der Waals surface area contributed by atoms with E-state index in [0.717, 1.165) is 29.9 Å². The monoisotopic (exact) mass is 326 g/mol. The van der Waals surface area contributed by atoms with Gasteiger partial charge in [-0.3, -0.25) is 0 Å². The quantitative estimate of drug-likeness (QED) is 0.865. The van der Waals surface area contributed by atoms with E-state index in [4.69, 9.17) is 4.74 Å². The highest BCUT2D eigenvalue weighted by molar-refractivity contribution is 5.54. The number of methoxy groups -OCH3 is 1. The van der Waals surface area contributed by atoms with Crippen molar-refractivity contribution in [1.29, 1.82) is 0 Å². The highest BCUT2D eigenvalue weighted by Crippen LogP contribution is 2.32. The van der Waals surface area contributed by atoms with Crippen molar-refractivity contribution in [1.82, 2.24) is 19.4 Å². The van der Waals surface area contributed by atoms with E-state index in [0.29, 0.717) is 5.88 Å². The van der Waals surface area contributed by atoms with Gasteiger partial charge in [0.15, 0.2) is 0 Å². The van der Waals surface area contributed by atoms with Gasteiger partial charge in [0.25, 0.3) is 0 Å². The lowest BCUT2D eigenvalue weighted by molar-refractivity contribution is 0.0521. The molecule has 4 heterocycles. The number of rotatable bonds is 4. The molecule has 0 radical (unpaired) electrons. The summed E-state index contributed by atoms with van der Waals surface area (Å²) >= 11 is 0. The molecule has 2 aromatic rings. The van der Waals surface area contributed by atoms with Gasteiger partial charge in [-0.1, -0.05) is 6.42 Å². The molecule has 0 spiro atoms. The Morgan fingerprint density at radius 3 is 2.88 bits per heavy atom. The van der Waals surface area contributed by atoms with E-state index in [1.54, 1.807) is 7.11 Å². The first-order chi connectivity index (χ1) is 11.8. The second kappa shape index (κ2) is 6.93. The zero-order valence-corrected chi connectivity index (χ0v) is 14.4. The van der Waals surface area contributed by atoms with Crippen molar-refractivity contribution < 1.29 is 4.74 Å². The van der Waals surface area contributed by atoms with Crippen LogP contribution in [0.25, 0.3) is 11.4 Å². The fourth-order valence-corrected chi connectivity index (χ4v) is 4.39. The van der Waals surface area contributed by atoms with Crippen LogP contribution in [-0.4, -0.2) is 45.7 Å². The van der Waals surface area contributed by atoms with Gasteiger partial charge >= 0.3 is 0 Å². The summed E-state index contributed by atoms with van der Waals surface area (Å²) in [5, 5.41) is 0. The molecule has 0 aromatic carbocycles. The smallest absolute Gasteiger partial charge is 0.212 e. The van der Waals surface area contributed by atoms with Gasteiger partial charge in [-0.05, 0) is 50.8 Å². The number of nitrogens with zero attached hydrogens (tertiary/aromatic N) is 4. The summed E-state index contributed by atoms with van der Waals surface area (Å²) < 4.78 is 7.47. The van der Waals surface area contributed by atoms with E-state index < -0.39 is 0 Å². The number of fused-ring (bicyclic) bond motifs is 1. The number of hydrogen-bond donors (Lipinski definition) is 0. The molecule has 0 unspecified atom stereocenters. The van der Waals surface area contributed by atoms with Crippen LogP contribution in [0.1, 0.15) is 32.1 Å². The molecule has 0 amide bonds. The minimum absolute atomic E-state index is 0.641.